The van der Waals surface area contributed by atoms with Crippen LogP contribution in [0, 0.1) is 5.92 Å². The Labute approximate surface area is 94.7 Å². The van der Waals surface area contributed by atoms with Gasteiger partial charge in [-0.2, -0.15) is 0 Å². The molecule has 1 aromatic heterocycles. The zero-order valence-electron chi connectivity index (χ0n) is 9.26. The number of para-hydroxylation sites is 1. The molecule has 1 heterocycles. The summed E-state index contributed by atoms with van der Waals surface area (Å²) in [7, 11) is 0. The number of pyridine rings is 1. The second kappa shape index (κ2) is 4.94. The molecule has 0 saturated carbocycles. The van der Waals surface area contributed by atoms with E-state index >= 15 is 0 Å². The standard InChI is InChI=1S/C13H15NO2/c1-10(8-15)9-16-12-6-11-4-2-3-5-13(11)14-7-12/h2-7,10,15H,8-9H2,1H3. The Morgan fingerprint density at radius 2 is 2.19 bits per heavy atom. The predicted octanol–water partition coefficient (Wildman–Crippen LogP) is 2.24. The Balaban J connectivity index is 2.13. The number of benzene rings is 1. The minimum absolute atomic E-state index is 0.140. The van der Waals surface area contributed by atoms with Gasteiger partial charge in [0.1, 0.15) is 5.75 Å². The number of aromatic nitrogens is 1. The van der Waals surface area contributed by atoms with Crippen molar-refractivity contribution in [1.29, 1.82) is 0 Å². The van der Waals surface area contributed by atoms with Gasteiger partial charge in [0.05, 0.1) is 18.3 Å². The monoisotopic (exact) mass is 217 g/mol. The fourth-order valence-electron chi connectivity index (χ4n) is 1.42. The van der Waals surface area contributed by atoms with E-state index in [4.69, 9.17) is 9.84 Å². The number of hydrogen-bond donors (Lipinski definition) is 1. The molecule has 1 aromatic carbocycles. The zero-order valence-corrected chi connectivity index (χ0v) is 9.26. The van der Waals surface area contributed by atoms with Crippen molar-refractivity contribution in [2.45, 2.75) is 6.92 Å². The van der Waals surface area contributed by atoms with Crippen molar-refractivity contribution in [3.8, 4) is 5.75 Å². The second-order valence-electron chi connectivity index (χ2n) is 3.96. The van der Waals surface area contributed by atoms with Crippen LogP contribution in [0.3, 0.4) is 0 Å². The average molecular weight is 217 g/mol. The van der Waals surface area contributed by atoms with Gasteiger partial charge in [-0.15, -0.1) is 0 Å². The van der Waals surface area contributed by atoms with Gasteiger partial charge in [0.2, 0.25) is 0 Å². The molecular weight excluding hydrogens is 202 g/mol. The molecule has 0 aliphatic heterocycles. The third-order valence-corrected chi connectivity index (χ3v) is 2.41. The van der Waals surface area contributed by atoms with Crippen LogP contribution in [0.15, 0.2) is 36.5 Å². The van der Waals surface area contributed by atoms with Crippen LogP contribution in [0.2, 0.25) is 0 Å². The first kappa shape index (κ1) is 10.9. The van der Waals surface area contributed by atoms with E-state index in [1.165, 1.54) is 0 Å². The smallest absolute Gasteiger partial charge is 0.138 e. The van der Waals surface area contributed by atoms with Crippen molar-refractivity contribution in [3.05, 3.63) is 36.5 Å². The highest BCUT2D eigenvalue weighted by atomic mass is 16.5. The first-order valence-electron chi connectivity index (χ1n) is 5.38. The maximum atomic E-state index is 8.89. The van der Waals surface area contributed by atoms with Gasteiger partial charge in [0.25, 0.3) is 0 Å². The molecule has 1 atom stereocenters. The highest BCUT2D eigenvalue weighted by Crippen LogP contribution is 2.18. The van der Waals surface area contributed by atoms with E-state index in [2.05, 4.69) is 4.98 Å². The van der Waals surface area contributed by atoms with Crippen LogP contribution in [-0.4, -0.2) is 23.3 Å². The lowest BCUT2D eigenvalue weighted by atomic mass is 10.2. The number of rotatable bonds is 4. The summed E-state index contributed by atoms with van der Waals surface area (Å²) in [6.45, 7) is 2.59. The van der Waals surface area contributed by atoms with Gasteiger partial charge in [-0.3, -0.25) is 4.98 Å². The van der Waals surface area contributed by atoms with Gasteiger partial charge in [-0.1, -0.05) is 25.1 Å². The zero-order chi connectivity index (χ0) is 11.4. The third-order valence-electron chi connectivity index (χ3n) is 2.41. The van der Waals surface area contributed by atoms with Crippen LogP contribution in [0.25, 0.3) is 10.9 Å². The second-order valence-corrected chi connectivity index (χ2v) is 3.96. The number of ether oxygens (including phenoxy) is 1. The molecule has 3 heteroatoms. The van der Waals surface area contributed by atoms with E-state index in [1.807, 2.05) is 37.3 Å². The first-order valence-corrected chi connectivity index (χ1v) is 5.38. The highest BCUT2D eigenvalue weighted by Gasteiger charge is 2.02. The van der Waals surface area contributed by atoms with Crippen molar-refractivity contribution in [1.82, 2.24) is 4.98 Å². The van der Waals surface area contributed by atoms with Gasteiger partial charge < -0.3 is 9.84 Å². The van der Waals surface area contributed by atoms with Crippen molar-refractivity contribution in [3.63, 3.8) is 0 Å². The minimum atomic E-state index is 0.140. The molecule has 84 valence electrons. The lowest BCUT2D eigenvalue weighted by Gasteiger charge is -2.10. The van der Waals surface area contributed by atoms with E-state index in [0.29, 0.717) is 6.61 Å². The van der Waals surface area contributed by atoms with Gasteiger partial charge in [0, 0.05) is 17.9 Å². The van der Waals surface area contributed by atoms with Crippen LogP contribution in [0.5, 0.6) is 5.75 Å². The molecule has 2 rings (SSSR count). The quantitative estimate of drug-likeness (QED) is 0.854. The summed E-state index contributed by atoms with van der Waals surface area (Å²) in [5.41, 5.74) is 0.963. The van der Waals surface area contributed by atoms with Crippen LogP contribution in [0.1, 0.15) is 6.92 Å². The SMILES string of the molecule is CC(CO)COc1cnc2ccccc2c1. The molecule has 0 radical (unpaired) electrons. The summed E-state index contributed by atoms with van der Waals surface area (Å²) < 4.78 is 5.54. The van der Waals surface area contributed by atoms with E-state index in [-0.39, 0.29) is 12.5 Å². The van der Waals surface area contributed by atoms with Gasteiger partial charge in [-0.05, 0) is 12.1 Å². The average Bonchev–Trinajstić information content (AvgIpc) is 2.35. The van der Waals surface area contributed by atoms with E-state index in [9.17, 15) is 0 Å². The Hall–Kier alpha value is -1.61. The molecule has 0 aliphatic carbocycles. The molecule has 0 amide bonds. The van der Waals surface area contributed by atoms with Gasteiger partial charge in [-0.25, -0.2) is 0 Å². The lowest BCUT2D eigenvalue weighted by molar-refractivity contribution is 0.174. The summed E-state index contributed by atoms with van der Waals surface area (Å²) in [4.78, 5) is 4.30. The van der Waals surface area contributed by atoms with Crippen molar-refractivity contribution in [2.24, 2.45) is 5.92 Å². The summed E-state index contributed by atoms with van der Waals surface area (Å²) >= 11 is 0. The molecule has 1 N–H and O–H groups in total. The Morgan fingerprint density at radius 3 is 3.00 bits per heavy atom. The van der Waals surface area contributed by atoms with Crippen molar-refractivity contribution < 1.29 is 9.84 Å². The summed E-state index contributed by atoms with van der Waals surface area (Å²) in [5.74, 6) is 0.894. The maximum absolute atomic E-state index is 8.89. The van der Waals surface area contributed by atoms with Crippen LogP contribution in [0.4, 0.5) is 0 Å². The van der Waals surface area contributed by atoms with Crippen LogP contribution < -0.4 is 4.74 Å². The van der Waals surface area contributed by atoms with Crippen LogP contribution in [-0.2, 0) is 0 Å². The number of hydrogen-bond acceptors (Lipinski definition) is 3. The normalized spacial score (nSPS) is 12.6. The molecule has 0 fully saturated rings. The molecule has 0 aliphatic rings. The molecule has 0 saturated heterocycles. The molecule has 1 unspecified atom stereocenters. The Kier molecular flexibility index (Phi) is 3.37. The maximum Gasteiger partial charge on any atom is 0.138 e. The topological polar surface area (TPSA) is 42.4 Å². The minimum Gasteiger partial charge on any atom is -0.492 e. The first-order chi connectivity index (χ1) is 7.79. The van der Waals surface area contributed by atoms with E-state index in [1.54, 1.807) is 6.20 Å². The number of aliphatic hydroxyl groups excluding tert-OH is 1. The van der Waals surface area contributed by atoms with Gasteiger partial charge >= 0.3 is 0 Å². The van der Waals surface area contributed by atoms with Crippen LogP contribution >= 0.6 is 0 Å². The molecule has 2 aromatic rings. The fraction of sp³-hybridized carbons (Fsp3) is 0.308. The molecular formula is C13H15NO2. The summed E-state index contributed by atoms with van der Waals surface area (Å²) in [6.07, 6.45) is 1.71. The molecule has 3 nitrogen and oxygen atoms in total. The van der Waals surface area contributed by atoms with Gasteiger partial charge in [0.15, 0.2) is 0 Å². The highest BCUT2D eigenvalue weighted by molar-refractivity contribution is 5.79. The van der Waals surface area contributed by atoms with E-state index in [0.717, 1.165) is 16.7 Å². The lowest BCUT2D eigenvalue weighted by Crippen LogP contribution is -2.12. The van der Waals surface area contributed by atoms with Crippen molar-refractivity contribution >= 4 is 10.9 Å². The largest absolute Gasteiger partial charge is 0.492 e. The third kappa shape index (κ3) is 2.49. The fourth-order valence-corrected chi connectivity index (χ4v) is 1.42. The van der Waals surface area contributed by atoms with E-state index < -0.39 is 0 Å². The summed E-state index contributed by atoms with van der Waals surface area (Å²) in [6, 6.07) is 9.88. The number of aliphatic hydroxyl groups is 1. The number of fused-ring (bicyclic) bond motifs is 1. The number of nitrogens with zero attached hydrogens (tertiary/aromatic N) is 1. The molecule has 0 bridgehead atoms. The summed E-state index contributed by atoms with van der Waals surface area (Å²) in [5, 5.41) is 9.96. The Bertz CT molecular complexity index is 470. The Morgan fingerprint density at radius 1 is 1.38 bits per heavy atom. The molecule has 0 spiro atoms. The van der Waals surface area contributed by atoms with Crippen molar-refractivity contribution in [2.75, 3.05) is 13.2 Å². The molecule has 16 heavy (non-hydrogen) atoms. The predicted molar refractivity (Wildman–Crippen MR) is 63.5 cm³/mol.